The Kier molecular flexibility index (Phi) is 6.65. The van der Waals surface area contributed by atoms with Crippen LogP contribution in [0.4, 0.5) is 0 Å². The number of benzene rings is 1. The van der Waals surface area contributed by atoms with Gasteiger partial charge in [-0.05, 0) is 31.5 Å². The number of nitrogens with zero attached hydrogens (tertiary/aromatic N) is 3. The van der Waals surface area contributed by atoms with Crippen molar-refractivity contribution in [2.24, 2.45) is 4.99 Å². The maximum absolute atomic E-state index is 4.45. The van der Waals surface area contributed by atoms with E-state index in [0.717, 1.165) is 24.5 Å². The van der Waals surface area contributed by atoms with Gasteiger partial charge in [0.05, 0.1) is 12.7 Å². The first-order chi connectivity index (χ1) is 13.1. The van der Waals surface area contributed by atoms with Gasteiger partial charge in [0.15, 0.2) is 5.96 Å². The van der Waals surface area contributed by atoms with Crippen molar-refractivity contribution in [2.75, 3.05) is 7.05 Å². The predicted octanol–water partition coefficient (Wildman–Crippen LogP) is 3.60. The van der Waals surface area contributed by atoms with E-state index in [4.69, 9.17) is 0 Å². The number of thiophene rings is 1. The first kappa shape index (κ1) is 19.2. The van der Waals surface area contributed by atoms with E-state index in [9.17, 15) is 0 Å². The summed E-state index contributed by atoms with van der Waals surface area (Å²) in [7, 11) is 1.80. The minimum atomic E-state index is 0.315. The Morgan fingerprint density at radius 2 is 2.00 bits per heavy atom. The summed E-state index contributed by atoms with van der Waals surface area (Å²) >= 11 is 1.85. The molecule has 5 nitrogen and oxygen atoms in total. The second kappa shape index (κ2) is 9.37. The molecule has 0 bridgehead atoms. The van der Waals surface area contributed by atoms with E-state index in [-0.39, 0.29) is 0 Å². The van der Waals surface area contributed by atoms with Crippen LogP contribution in [0.2, 0.25) is 0 Å². The molecular formula is C21H27N5S. The number of rotatable bonds is 7. The van der Waals surface area contributed by atoms with Crippen LogP contribution in [0.15, 0.2) is 59.9 Å². The molecule has 0 spiro atoms. The van der Waals surface area contributed by atoms with E-state index in [1.165, 1.54) is 15.3 Å². The summed E-state index contributed by atoms with van der Waals surface area (Å²) in [6.45, 7) is 5.80. The summed E-state index contributed by atoms with van der Waals surface area (Å²) in [5.74, 6) is 0.812. The summed E-state index contributed by atoms with van der Waals surface area (Å²) in [4.78, 5) is 7.08. The number of nitrogens with one attached hydrogen (secondary N) is 2. The summed E-state index contributed by atoms with van der Waals surface area (Å²) < 4.78 is 1.96. The van der Waals surface area contributed by atoms with Gasteiger partial charge in [0.1, 0.15) is 0 Å². The third-order valence-corrected chi connectivity index (χ3v) is 5.27. The summed E-state index contributed by atoms with van der Waals surface area (Å²) in [6.07, 6.45) is 4.97. The Bertz CT molecular complexity index is 866. The van der Waals surface area contributed by atoms with E-state index in [0.29, 0.717) is 12.6 Å². The quantitative estimate of drug-likeness (QED) is 0.486. The standard InChI is InChI=1S/C21H27N5S/c1-16(11-20-10-9-17(2)27-20)25-21(22-3)23-12-19-13-24-26(15-19)14-18-7-5-4-6-8-18/h4-10,13,15-16H,11-12,14H2,1-3H3,(H2,22,23,25). The molecule has 3 rings (SSSR count). The lowest BCUT2D eigenvalue weighted by atomic mass is 10.2. The Balaban J connectivity index is 1.48. The number of aryl methyl sites for hydroxylation is 1. The Labute approximate surface area is 165 Å². The molecule has 1 aromatic carbocycles. The lowest BCUT2D eigenvalue weighted by Gasteiger charge is -2.17. The average Bonchev–Trinajstić information content (AvgIpc) is 3.28. The second-order valence-electron chi connectivity index (χ2n) is 6.72. The molecule has 0 fully saturated rings. The summed E-state index contributed by atoms with van der Waals surface area (Å²) in [5.41, 5.74) is 2.38. The number of aliphatic imine (C=N–C) groups is 1. The molecule has 0 aliphatic rings. The van der Waals surface area contributed by atoms with Gasteiger partial charge >= 0.3 is 0 Å². The monoisotopic (exact) mass is 381 g/mol. The molecule has 0 aliphatic carbocycles. The highest BCUT2D eigenvalue weighted by atomic mass is 32.1. The minimum absolute atomic E-state index is 0.315. The molecule has 3 aromatic rings. The second-order valence-corrected chi connectivity index (χ2v) is 8.09. The lowest BCUT2D eigenvalue weighted by Crippen LogP contribution is -2.42. The average molecular weight is 382 g/mol. The van der Waals surface area contributed by atoms with Gasteiger partial charge in [-0.3, -0.25) is 9.67 Å². The fourth-order valence-corrected chi connectivity index (χ4v) is 3.94. The maximum Gasteiger partial charge on any atom is 0.191 e. The van der Waals surface area contributed by atoms with E-state index in [1.807, 2.05) is 28.3 Å². The molecule has 6 heteroatoms. The van der Waals surface area contributed by atoms with Gasteiger partial charge in [0, 0.05) is 47.6 Å². The van der Waals surface area contributed by atoms with Crippen LogP contribution < -0.4 is 10.6 Å². The van der Waals surface area contributed by atoms with Crippen LogP contribution in [0.5, 0.6) is 0 Å². The molecule has 2 heterocycles. The molecular weight excluding hydrogens is 354 g/mol. The van der Waals surface area contributed by atoms with Gasteiger partial charge < -0.3 is 10.6 Å². The molecule has 0 saturated heterocycles. The zero-order valence-corrected chi connectivity index (χ0v) is 17.0. The molecule has 1 unspecified atom stereocenters. The molecule has 142 valence electrons. The molecule has 1 atom stereocenters. The zero-order valence-electron chi connectivity index (χ0n) is 16.1. The summed E-state index contributed by atoms with van der Waals surface area (Å²) in [6, 6.07) is 15.0. The topological polar surface area (TPSA) is 54.2 Å². The van der Waals surface area contributed by atoms with Gasteiger partial charge in [-0.1, -0.05) is 30.3 Å². The zero-order chi connectivity index (χ0) is 19.1. The van der Waals surface area contributed by atoms with Crippen molar-refractivity contribution in [3.63, 3.8) is 0 Å². The molecule has 0 saturated carbocycles. The van der Waals surface area contributed by atoms with Crippen LogP contribution in [0.25, 0.3) is 0 Å². The van der Waals surface area contributed by atoms with Crippen LogP contribution in [-0.4, -0.2) is 28.8 Å². The maximum atomic E-state index is 4.45. The molecule has 0 amide bonds. The van der Waals surface area contributed by atoms with Crippen molar-refractivity contribution in [3.8, 4) is 0 Å². The van der Waals surface area contributed by atoms with Crippen LogP contribution in [-0.2, 0) is 19.5 Å². The fraction of sp³-hybridized carbons (Fsp3) is 0.333. The normalized spacial score (nSPS) is 12.8. The third-order valence-electron chi connectivity index (χ3n) is 4.24. The molecule has 2 aromatic heterocycles. The largest absolute Gasteiger partial charge is 0.354 e. The highest BCUT2D eigenvalue weighted by Crippen LogP contribution is 2.16. The van der Waals surface area contributed by atoms with Gasteiger partial charge in [0.25, 0.3) is 0 Å². The Morgan fingerprint density at radius 3 is 2.70 bits per heavy atom. The van der Waals surface area contributed by atoms with E-state index in [1.54, 1.807) is 7.05 Å². The smallest absolute Gasteiger partial charge is 0.191 e. The first-order valence-corrected chi connectivity index (χ1v) is 10.0. The number of hydrogen-bond acceptors (Lipinski definition) is 3. The van der Waals surface area contributed by atoms with E-state index in [2.05, 4.69) is 77.2 Å². The highest BCUT2D eigenvalue weighted by molar-refractivity contribution is 7.11. The number of hydrogen-bond donors (Lipinski definition) is 2. The Hall–Kier alpha value is -2.60. The lowest BCUT2D eigenvalue weighted by molar-refractivity contribution is 0.644. The number of guanidine groups is 1. The van der Waals surface area contributed by atoms with Gasteiger partial charge in [0.2, 0.25) is 0 Å². The number of aromatic nitrogens is 2. The van der Waals surface area contributed by atoms with Crippen LogP contribution in [0.1, 0.15) is 27.8 Å². The van der Waals surface area contributed by atoms with Gasteiger partial charge in [-0.25, -0.2) is 0 Å². The fourth-order valence-electron chi connectivity index (χ4n) is 2.92. The Morgan fingerprint density at radius 1 is 1.19 bits per heavy atom. The molecule has 0 radical (unpaired) electrons. The SMILES string of the molecule is CN=C(NCc1cnn(Cc2ccccc2)c1)NC(C)Cc1ccc(C)s1. The van der Waals surface area contributed by atoms with Crippen LogP contribution >= 0.6 is 11.3 Å². The van der Waals surface area contributed by atoms with Crippen LogP contribution in [0, 0.1) is 6.92 Å². The highest BCUT2D eigenvalue weighted by Gasteiger charge is 2.08. The van der Waals surface area contributed by atoms with Crippen molar-refractivity contribution in [3.05, 3.63) is 75.7 Å². The van der Waals surface area contributed by atoms with Crippen molar-refractivity contribution >= 4 is 17.3 Å². The molecule has 0 aliphatic heterocycles. The minimum Gasteiger partial charge on any atom is -0.354 e. The molecule has 2 N–H and O–H groups in total. The van der Waals surface area contributed by atoms with Crippen LogP contribution in [0.3, 0.4) is 0 Å². The van der Waals surface area contributed by atoms with Crippen molar-refractivity contribution in [2.45, 2.75) is 39.4 Å². The van der Waals surface area contributed by atoms with Crippen molar-refractivity contribution in [1.82, 2.24) is 20.4 Å². The predicted molar refractivity (Wildman–Crippen MR) is 113 cm³/mol. The van der Waals surface area contributed by atoms with E-state index >= 15 is 0 Å². The third kappa shape index (κ3) is 5.96. The first-order valence-electron chi connectivity index (χ1n) is 9.20. The molecule has 27 heavy (non-hydrogen) atoms. The van der Waals surface area contributed by atoms with Crippen molar-refractivity contribution < 1.29 is 0 Å². The van der Waals surface area contributed by atoms with E-state index < -0.39 is 0 Å². The summed E-state index contributed by atoms with van der Waals surface area (Å²) in [5, 5.41) is 11.3. The van der Waals surface area contributed by atoms with Crippen molar-refractivity contribution in [1.29, 1.82) is 0 Å². The van der Waals surface area contributed by atoms with Gasteiger partial charge in [-0.15, -0.1) is 11.3 Å². The van der Waals surface area contributed by atoms with Gasteiger partial charge in [-0.2, -0.15) is 5.10 Å².